The molecule has 1 aromatic carbocycles. The standard InChI is InChI=1S/C20H17F2N5/c1-11-9-23-20-19(25-11)15(10-24-20)18-16(22)7-8-17(27-18)26-12(2)13-3-5-14(21)6-4-13/h3-10,12H,1-2H3,(H,23,24)(H,26,27)/t12-/m0/s1. The Morgan fingerprint density at radius 1 is 1.04 bits per heavy atom. The van der Waals surface area contributed by atoms with E-state index < -0.39 is 5.82 Å². The van der Waals surface area contributed by atoms with Gasteiger partial charge in [-0.05, 0) is 43.7 Å². The summed E-state index contributed by atoms with van der Waals surface area (Å²) in [7, 11) is 0. The van der Waals surface area contributed by atoms with E-state index >= 15 is 0 Å². The highest BCUT2D eigenvalue weighted by Crippen LogP contribution is 2.29. The summed E-state index contributed by atoms with van der Waals surface area (Å²) in [5.74, 6) is -0.221. The molecule has 136 valence electrons. The third kappa shape index (κ3) is 3.36. The average Bonchev–Trinajstić information content (AvgIpc) is 3.06. The van der Waals surface area contributed by atoms with Crippen molar-refractivity contribution in [3.8, 4) is 11.3 Å². The molecule has 0 amide bonds. The lowest BCUT2D eigenvalue weighted by molar-refractivity contribution is 0.624. The lowest BCUT2D eigenvalue weighted by Gasteiger charge is -2.15. The van der Waals surface area contributed by atoms with Gasteiger partial charge in [0.2, 0.25) is 0 Å². The summed E-state index contributed by atoms with van der Waals surface area (Å²) in [5.41, 5.74) is 3.54. The number of benzene rings is 1. The van der Waals surface area contributed by atoms with Crippen LogP contribution in [0, 0.1) is 18.6 Å². The number of H-pyrrole nitrogens is 1. The van der Waals surface area contributed by atoms with Gasteiger partial charge in [-0.3, -0.25) is 0 Å². The summed E-state index contributed by atoms with van der Waals surface area (Å²) < 4.78 is 27.6. The van der Waals surface area contributed by atoms with Crippen molar-refractivity contribution in [1.29, 1.82) is 0 Å². The first-order valence-corrected chi connectivity index (χ1v) is 8.51. The molecule has 0 saturated carbocycles. The zero-order valence-corrected chi connectivity index (χ0v) is 14.8. The molecule has 3 heterocycles. The zero-order chi connectivity index (χ0) is 19.0. The first kappa shape index (κ1) is 17.1. The van der Waals surface area contributed by atoms with Crippen LogP contribution in [0.4, 0.5) is 14.6 Å². The van der Waals surface area contributed by atoms with Crippen LogP contribution in [0.1, 0.15) is 24.2 Å². The Morgan fingerprint density at radius 3 is 2.59 bits per heavy atom. The minimum atomic E-state index is -0.445. The van der Waals surface area contributed by atoms with Crippen LogP contribution in [0.15, 0.2) is 48.8 Å². The van der Waals surface area contributed by atoms with Crippen LogP contribution in [0.3, 0.4) is 0 Å². The van der Waals surface area contributed by atoms with Crippen LogP contribution in [0.5, 0.6) is 0 Å². The number of nitrogens with zero attached hydrogens (tertiary/aromatic N) is 3. The molecule has 27 heavy (non-hydrogen) atoms. The maximum absolute atomic E-state index is 14.5. The summed E-state index contributed by atoms with van der Waals surface area (Å²) in [6, 6.07) is 9.04. The SMILES string of the molecule is Cc1cnc2[nH]cc(-c3nc(N[C@@H](C)c4ccc(F)cc4)ccc3F)c2n1. The van der Waals surface area contributed by atoms with Crippen LogP contribution in [-0.2, 0) is 0 Å². The molecule has 3 aromatic heterocycles. The Hall–Kier alpha value is -3.35. The Morgan fingerprint density at radius 2 is 1.81 bits per heavy atom. The van der Waals surface area contributed by atoms with Crippen molar-refractivity contribution in [2.45, 2.75) is 19.9 Å². The van der Waals surface area contributed by atoms with E-state index in [0.29, 0.717) is 22.5 Å². The fraction of sp³-hybridized carbons (Fsp3) is 0.150. The fourth-order valence-electron chi connectivity index (χ4n) is 2.93. The minimum absolute atomic E-state index is 0.124. The number of hydrogen-bond acceptors (Lipinski definition) is 4. The molecule has 0 bridgehead atoms. The number of nitrogens with one attached hydrogen (secondary N) is 2. The number of halogens is 2. The second-order valence-electron chi connectivity index (χ2n) is 6.36. The van der Waals surface area contributed by atoms with Crippen molar-refractivity contribution in [3.63, 3.8) is 0 Å². The molecule has 0 saturated heterocycles. The molecule has 4 rings (SSSR count). The lowest BCUT2D eigenvalue weighted by atomic mass is 10.1. The van der Waals surface area contributed by atoms with Crippen molar-refractivity contribution >= 4 is 17.0 Å². The fourth-order valence-corrected chi connectivity index (χ4v) is 2.93. The number of fused-ring (bicyclic) bond motifs is 1. The quantitative estimate of drug-likeness (QED) is 0.546. The molecular formula is C20H17F2N5. The molecule has 1 atom stereocenters. The normalized spacial score (nSPS) is 12.3. The topological polar surface area (TPSA) is 66.5 Å². The number of hydrogen-bond donors (Lipinski definition) is 2. The van der Waals surface area contributed by atoms with Crippen molar-refractivity contribution < 1.29 is 8.78 Å². The van der Waals surface area contributed by atoms with Gasteiger partial charge in [-0.25, -0.2) is 23.7 Å². The Balaban J connectivity index is 1.69. The first-order chi connectivity index (χ1) is 13.0. The number of aromatic nitrogens is 4. The largest absolute Gasteiger partial charge is 0.364 e. The summed E-state index contributed by atoms with van der Waals surface area (Å²) in [6.45, 7) is 3.76. The summed E-state index contributed by atoms with van der Waals surface area (Å²) >= 11 is 0. The molecule has 0 aliphatic carbocycles. The van der Waals surface area contributed by atoms with E-state index in [0.717, 1.165) is 11.3 Å². The Kier molecular flexibility index (Phi) is 4.27. The third-order valence-corrected chi connectivity index (χ3v) is 4.34. The van der Waals surface area contributed by atoms with E-state index in [1.54, 1.807) is 30.6 Å². The molecule has 4 aromatic rings. The molecule has 5 nitrogen and oxygen atoms in total. The number of aryl methyl sites for hydroxylation is 1. The van der Waals surface area contributed by atoms with Gasteiger partial charge in [0.25, 0.3) is 0 Å². The zero-order valence-electron chi connectivity index (χ0n) is 14.8. The van der Waals surface area contributed by atoms with E-state index in [4.69, 9.17) is 0 Å². The maximum atomic E-state index is 14.5. The maximum Gasteiger partial charge on any atom is 0.156 e. The van der Waals surface area contributed by atoms with Gasteiger partial charge < -0.3 is 10.3 Å². The minimum Gasteiger partial charge on any atom is -0.364 e. The molecular weight excluding hydrogens is 348 g/mol. The van der Waals surface area contributed by atoms with E-state index in [1.807, 2.05) is 13.8 Å². The third-order valence-electron chi connectivity index (χ3n) is 4.34. The van der Waals surface area contributed by atoms with Crippen LogP contribution < -0.4 is 5.32 Å². The average molecular weight is 365 g/mol. The number of pyridine rings is 1. The molecule has 0 aliphatic heterocycles. The number of rotatable bonds is 4. The summed E-state index contributed by atoms with van der Waals surface area (Å²) in [5, 5.41) is 3.22. The van der Waals surface area contributed by atoms with Crippen molar-refractivity contribution in [3.05, 3.63) is 71.7 Å². The van der Waals surface area contributed by atoms with Crippen LogP contribution in [0.2, 0.25) is 0 Å². The van der Waals surface area contributed by atoms with E-state index in [1.165, 1.54) is 18.2 Å². The molecule has 0 aliphatic rings. The van der Waals surface area contributed by atoms with Gasteiger partial charge in [-0.1, -0.05) is 12.1 Å². The van der Waals surface area contributed by atoms with Gasteiger partial charge in [-0.2, -0.15) is 0 Å². The van der Waals surface area contributed by atoms with Gasteiger partial charge >= 0.3 is 0 Å². The van der Waals surface area contributed by atoms with Crippen LogP contribution in [0.25, 0.3) is 22.4 Å². The second-order valence-corrected chi connectivity index (χ2v) is 6.36. The van der Waals surface area contributed by atoms with E-state index in [2.05, 4.69) is 25.3 Å². The van der Waals surface area contributed by atoms with Gasteiger partial charge in [0.1, 0.15) is 28.7 Å². The van der Waals surface area contributed by atoms with Gasteiger partial charge in [-0.15, -0.1) is 0 Å². The molecule has 7 heteroatoms. The predicted molar refractivity (Wildman–Crippen MR) is 100 cm³/mol. The Labute approximate surface area is 154 Å². The van der Waals surface area contributed by atoms with E-state index in [9.17, 15) is 8.78 Å². The predicted octanol–water partition coefficient (Wildman–Crippen LogP) is 4.78. The first-order valence-electron chi connectivity index (χ1n) is 8.51. The van der Waals surface area contributed by atoms with Gasteiger partial charge in [0.15, 0.2) is 5.65 Å². The number of anilines is 1. The molecule has 0 unspecified atom stereocenters. The lowest BCUT2D eigenvalue weighted by Crippen LogP contribution is -2.08. The second kappa shape index (κ2) is 6.75. The van der Waals surface area contributed by atoms with Crippen molar-refractivity contribution in [2.75, 3.05) is 5.32 Å². The molecule has 2 N–H and O–H groups in total. The smallest absolute Gasteiger partial charge is 0.156 e. The van der Waals surface area contributed by atoms with Gasteiger partial charge in [0.05, 0.1) is 11.9 Å². The summed E-state index contributed by atoms with van der Waals surface area (Å²) in [6.07, 6.45) is 3.30. The molecule has 0 fully saturated rings. The Bertz CT molecular complexity index is 1110. The highest BCUT2D eigenvalue weighted by atomic mass is 19.1. The van der Waals surface area contributed by atoms with Crippen molar-refractivity contribution in [1.82, 2.24) is 19.9 Å². The molecule has 0 spiro atoms. The highest BCUT2D eigenvalue weighted by Gasteiger charge is 2.16. The van der Waals surface area contributed by atoms with Crippen LogP contribution in [-0.4, -0.2) is 19.9 Å². The molecule has 0 radical (unpaired) electrons. The summed E-state index contributed by atoms with van der Waals surface area (Å²) in [4.78, 5) is 16.1. The van der Waals surface area contributed by atoms with Crippen LogP contribution >= 0.6 is 0 Å². The number of aromatic amines is 1. The monoisotopic (exact) mass is 365 g/mol. The van der Waals surface area contributed by atoms with E-state index in [-0.39, 0.29) is 17.6 Å². The highest BCUT2D eigenvalue weighted by molar-refractivity contribution is 5.89. The van der Waals surface area contributed by atoms with Gasteiger partial charge in [0, 0.05) is 17.8 Å². The van der Waals surface area contributed by atoms with Crippen molar-refractivity contribution in [2.24, 2.45) is 0 Å².